The number of likely N-dealkylation sites (tertiary alicyclic amines) is 1. The van der Waals surface area contributed by atoms with Crippen molar-refractivity contribution in [2.75, 3.05) is 25.0 Å². The average molecular weight is 613 g/mol. The van der Waals surface area contributed by atoms with Crippen LogP contribution < -0.4 is 15.6 Å². The molecule has 1 aliphatic carbocycles. The number of piperidine rings is 1. The molecule has 4 aromatic rings. The Labute approximate surface area is 260 Å². The third-order valence-corrected chi connectivity index (χ3v) is 8.31. The number of aryl methyl sites for hydroxylation is 2. The molecule has 226 valence electrons. The highest BCUT2D eigenvalue weighted by Crippen LogP contribution is 2.33. The first-order chi connectivity index (χ1) is 21.4. The lowest BCUT2D eigenvalue weighted by Gasteiger charge is -2.31. The van der Waals surface area contributed by atoms with Crippen molar-refractivity contribution >= 4 is 34.9 Å². The van der Waals surface area contributed by atoms with Crippen LogP contribution in [0.15, 0.2) is 77.7 Å². The molecule has 1 aromatic heterocycles. The maximum atomic E-state index is 13.9. The smallest absolute Gasteiger partial charge is 0.309 e. The number of anilines is 2. The molecular weight excluding hydrogens is 580 g/mol. The molecule has 1 saturated heterocycles. The van der Waals surface area contributed by atoms with E-state index in [4.69, 9.17) is 21.1 Å². The van der Waals surface area contributed by atoms with Gasteiger partial charge in [-0.3, -0.25) is 14.4 Å². The van der Waals surface area contributed by atoms with Crippen molar-refractivity contribution < 1.29 is 19.1 Å². The monoisotopic (exact) mass is 612 g/mol. The molecular formula is C34H33ClN4O5. The maximum Gasteiger partial charge on any atom is 0.309 e. The van der Waals surface area contributed by atoms with Crippen LogP contribution in [-0.2, 0) is 22.4 Å². The number of carbonyl (C=O) groups excluding carboxylic acids is 2. The largest absolute Gasteiger partial charge is 0.466 e. The van der Waals surface area contributed by atoms with Gasteiger partial charge in [0.25, 0.3) is 11.5 Å². The summed E-state index contributed by atoms with van der Waals surface area (Å²) in [6.45, 7) is 3.07. The average Bonchev–Trinajstić information content (AvgIpc) is 3.51. The Morgan fingerprint density at radius 3 is 2.59 bits per heavy atom. The Morgan fingerprint density at radius 1 is 1.00 bits per heavy atom. The van der Waals surface area contributed by atoms with Gasteiger partial charge in [-0.25, -0.2) is 0 Å². The fourth-order valence-corrected chi connectivity index (χ4v) is 5.98. The van der Waals surface area contributed by atoms with E-state index in [0.717, 1.165) is 19.3 Å². The van der Waals surface area contributed by atoms with E-state index < -0.39 is 5.56 Å². The fourth-order valence-electron chi connectivity index (χ4n) is 5.80. The van der Waals surface area contributed by atoms with Crippen LogP contribution in [0, 0.1) is 5.92 Å². The zero-order valence-electron chi connectivity index (χ0n) is 24.4. The second kappa shape index (κ2) is 12.9. The molecule has 9 nitrogen and oxygen atoms in total. The van der Waals surface area contributed by atoms with Crippen LogP contribution in [0.2, 0.25) is 5.02 Å². The summed E-state index contributed by atoms with van der Waals surface area (Å²) in [5.74, 6) is 0.333. The lowest BCUT2D eigenvalue weighted by atomic mass is 9.96. The second-order valence-corrected chi connectivity index (χ2v) is 11.4. The molecule has 1 aliphatic heterocycles. The van der Waals surface area contributed by atoms with Crippen LogP contribution in [0.3, 0.4) is 0 Å². The third kappa shape index (κ3) is 6.33. The topological polar surface area (TPSA) is 103 Å². The number of nitrogens with zero attached hydrogens (tertiary/aromatic N) is 3. The van der Waals surface area contributed by atoms with Crippen molar-refractivity contribution in [3.63, 3.8) is 0 Å². The van der Waals surface area contributed by atoms with Gasteiger partial charge in [-0.15, -0.1) is 0 Å². The van der Waals surface area contributed by atoms with E-state index in [0.29, 0.717) is 60.2 Å². The minimum absolute atomic E-state index is 0.142. The molecule has 0 radical (unpaired) electrons. The second-order valence-electron chi connectivity index (χ2n) is 11.0. The summed E-state index contributed by atoms with van der Waals surface area (Å²) in [7, 11) is 0. The van der Waals surface area contributed by atoms with Crippen molar-refractivity contribution in [1.82, 2.24) is 14.7 Å². The van der Waals surface area contributed by atoms with E-state index in [1.807, 2.05) is 12.1 Å². The molecule has 0 unspecified atom stereocenters. The molecule has 3 aromatic carbocycles. The number of amides is 1. The van der Waals surface area contributed by atoms with Crippen molar-refractivity contribution in [2.24, 2.45) is 5.92 Å². The fraction of sp³-hybridized carbons (Fsp3) is 0.294. The number of hydrogen-bond acceptors (Lipinski definition) is 7. The molecule has 0 bridgehead atoms. The Kier molecular flexibility index (Phi) is 8.65. The zero-order chi connectivity index (χ0) is 30.6. The van der Waals surface area contributed by atoms with Crippen LogP contribution in [0.4, 0.5) is 11.4 Å². The van der Waals surface area contributed by atoms with Crippen LogP contribution in [-0.4, -0.2) is 46.3 Å². The molecule has 1 fully saturated rings. The summed E-state index contributed by atoms with van der Waals surface area (Å²) >= 11 is 6.21. The summed E-state index contributed by atoms with van der Waals surface area (Å²) in [5, 5.41) is 8.07. The first-order valence-electron chi connectivity index (χ1n) is 14.9. The van der Waals surface area contributed by atoms with E-state index >= 15 is 0 Å². The van der Waals surface area contributed by atoms with E-state index in [1.54, 1.807) is 60.4 Å². The van der Waals surface area contributed by atoms with E-state index in [-0.39, 0.29) is 29.2 Å². The van der Waals surface area contributed by atoms with Gasteiger partial charge in [0.1, 0.15) is 5.75 Å². The molecule has 2 aliphatic rings. The molecule has 1 amide bonds. The van der Waals surface area contributed by atoms with E-state index in [9.17, 15) is 14.4 Å². The number of halogens is 1. The highest BCUT2D eigenvalue weighted by molar-refractivity contribution is 6.30. The Balaban J connectivity index is 1.28. The predicted octanol–water partition coefficient (Wildman–Crippen LogP) is 6.33. The first-order valence-corrected chi connectivity index (χ1v) is 15.3. The third-order valence-electron chi connectivity index (χ3n) is 8.07. The molecule has 0 atom stereocenters. The molecule has 1 N–H and O–H groups in total. The maximum absolute atomic E-state index is 13.9. The number of nitrogens with one attached hydrogen (secondary N) is 1. The number of aromatic nitrogens is 2. The SMILES string of the molecule is CCOC(=O)C1CCN(C(=O)c2cccc(Nc3c(Oc4ccc5c(c4)CCC5)cnn(-c4cccc(Cl)c4)c3=O)c2)CC1. The van der Waals surface area contributed by atoms with Gasteiger partial charge < -0.3 is 19.7 Å². The Bertz CT molecular complexity index is 1760. The van der Waals surface area contributed by atoms with E-state index in [1.165, 1.54) is 22.0 Å². The highest BCUT2D eigenvalue weighted by Gasteiger charge is 2.29. The summed E-state index contributed by atoms with van der Waals surface area (Å²) in [4.78, 5) is 41.2. The zero-order valence-corrected chi connectivity index (χ0v) is 25.2. The summed E-state index contributed by atoms with van der Waals surface area (Å²) < 4.78 is 12.7. The number of hydrogen-bond donors (Lipinski definition) is 1. The summed E-state index contributed by atoms with van der Waals surface area (Å²) in [5.41, 5.74) is 3.80. The van der Waals surface area contributed by atoms with Crippen molar-refractivity contribution in [1.29, 1.82) is 0 Å². The molecule has 2 heterocycles. The standard InChI is InChI=1S/C34H33ClN4O5/c1-2-43-34(42)23-14-16-38(17-15-23)32(40)25-8-4-10-27(18-25)37-31-30(44-29-13-12-22-6-3-7-24(22)19-29)21-36-39(33(31)41)28-11-5-9-26(35)20-28/h4-5,8-13,18-21,23,37H,2-3,6-7,14-17H2,1H3. The molecule has 6 rings (SSSR count). The van der Waals surface area contributed by atoms with Gasteiger partial charge in [0.15, 0.2) is 11.4 Å². The Morgan fingerprint density at radius 2 is 1.80 bits per heavy atom. The minimum atomic E-state index is -0.441. The van der Waals surface area contributed by atoms with Gasteiger partial charge in [-0.05, 0) is 98.7 Å². The van der Waals surface area contributed by atoms with Gasteiger partial charge in [0.05, 0.1) is 24.4 Å². The number of esters is 1. The van der Waals surface area contributed by atoms with Crippen LogP contribution in [0.25, 0.3) is 5.69 Å². The van der Waals surface area contributed by atoms with Gasteiger partial charge in [0, 0.05) is 29.4 Å². The minimum Gasteiger partial charge on any atom is -0.466 e. The summed E-state index contributed by atoms with van der Waals surface area (Å²) in [6, 6.07) is 19.9. The van der Waals surface area contributed by atoms with Gasteiger partial charge in [-0.1, -0.05) is 29.8 Å². The Hall–Kier alpha value is -4.63. The molecule has 10 heteroatoms. The normalized spacial score (nSPS) is 14.6. The molecule has 44 heavy (non-hydrogen) atoms. The van der Waals surface area contributed by atoms with Crippen LogP contribution in [0.5, 0.6) is 11.5 Å². The number of carbonyl (C=O) groups is 2. The van der Waals surface area contributed by atoms with Crippen LogP contribution in [0.1, 0.15) is 47.7 Å². The number of fused-ring (bicyclic) bond motifs is 1. The molecule has 0 spiro atoms. The first kappa shape index (κ1) is 29.4. The highest BCUT2D eigenvalue weighted by atomic mass is 35.5. The lowest BCUT2D eigenvalue weighted by Crippen LogP contribution is -2.40. The quantitative estimate of drug-likeness (QED) is 0.232. The number of benzene rings is 3. The van der Waals surface area contributed by atoms with Crippen LogP contribution >= 0.6 is 11.6 Å². The molecule has 0 saturated carbocycles. The van der Waals surface area contributed by atoms with Gasteiger partial charge in [0.2, 0.25) is 0 Å². The lowest BCUT2D eigenvalue weighted by molar-refractivity contribution is -0.149. The van der Waals surface area contributed by atoms with Gasteiger partial charge >= 0.3 is 5.97 Å². The van der Waals surface area contributed by atoms with E-state index in [2.05, 4.69) is 16.5 Å². The van der Waals surface area contributed by atoms with Crippen molar-refractivity contribution in [3.8, 4) is 17.2 Å². The summed E-state index contributed by atoms with van der Waals surface area (Å²) in [6.07, 6.45) is 5.78. The number of rotatable bonds is 8. The van der Waals surface area contributed by atoms with Crippen molar-refractivity contribution in [2.45, 2.75) is 39.0 Å². The number of ether oxygens (including phenoxy) is 2. The van der Waals surface area contributed by atoms with Crippen molar-refractivity contribution in [3.05, 3.63) is 105 Å². The van der Waals surface area contributed by atoms with Gasteiger partial charge in [-0.2, -0.15) is 9.78 Å². The predicted molar refractivity (Wildman–Crippen MR) is 168 cm³/mol.